The molecular formula is C37H36Cl2FN3O7. The highest BCUT2D eigenvalue weighted by atomic mass is 35.5. The fraction of sp³-hybridized carbons (Fsp3) is 0.324. The number of aromatic nitrogens is 1. The maximum Gasteiger partial charge on any atom is 0.415 e. The van der Waals surface area contributed by atoms with E-state index in [0.29, 0.717) is 39.5 Å². The summed E-state index contributed by atoms with van der Waals surface area (Å²) in [6, 6.07) is 17.7. The van der Waals surface area contributed by atoms with Gasteiger partial charge in [0.15, 0.2) is 23.9 Å². The second-order valence-electron chi connectivity index (χ2n) is 12.3. The van der Waals surface area contributed by atoms with E-state index in [4.69, 9.17) is 42.1 Å². The van der Waals surface area contributed by atoms with E-state index in [1.165, 1.54) is 43.6 Å². The number of benzene rings is 3. The number of pyridine rings is 1. The zero-order chi connectivity index (χ0) is 35.4. The lowest BCUT2D eigenvalue weighted by Crippen LogP contribution is -2.53. The van der Waals surface area contributed by atoms with Crippen molar-refractivity contribution in [1.82, 2.24) is 4.90 Å². The molecule has 3 saturated heterocycles. The van der Waals surface area contributed by atoms with Gasteiger partial charge in [0.05, 0.1) is 32.0 Å². The van der Waals surface area contributed by atoms with Crippen molar-refractivity contribution in [2.75, 3.05) is 38.8 Å². The molecule has 0 saturated carbocycles. The molecule has 2 atom stereocenters. The van der Waals surface area contributed by atoms with E-state index < -0.39 is 24.0 Å². The average Bonchev–Trinajstić information content (AvgIpc) is 3.12. The standard InChI is InChI=1S/C37H36Cl2FN3O7/c1-47-32-12-11-26(17-34(32)48-2)33(18-27-28(38)20-42(46)21-29(27)39)49-36(44)25-9-7-23(8-10-25)19-43(31-6-4-3-5-30(31)40)37(45)50-35-22-41-15-13-24(35)14-16-41/h3-12,17,20-21,24,33,35H,13-16,18-19,22H2,1-2H3/t33-,35-/m0/s1. The van der Waals surface area contributed by atoms with Gasteiger partial charge >= 0.3 is 12.1 Å². The first-order valence-electron chi connectivity index (χ1n) is 16.2. The molecule has 262 valence electrons. The number of carbonyl (C=O) groups is 2. The first-order chi connectivity index (χ1) is 24.1. The van der Waals surface area contributed by atoms with Crippen molar-refractivity contribution in [3.8, 4) is 11.5 Å². The van der Waals surface area contributed by atoms with E-state index in [-0.39, 0.29) is 46.3 Å². The summed E-state index contributed by atoms with van der Waals surface area (Å²) in [7, 11) is 3.00. The highest BCUT2D eigenvalue weighted by molar-refractivity contribution is 6.35. The van der Waals surface area contributed by atoms with Gasteiger partial charge in [-0.15, -0.1) is 0 Å². The molecule has 3 aliphatic heterocycles. The molecule has 4 aromatic rings. The van der Waals surface area contributed by atoms with Gasteiger partial charge in [-0.1, -0.05) is 53.5 Å². The van der Waals surface area contributed by atoms with Gasteiger partial charge in [0, 0.05) is 18.5 Å². The Balaban J connectivity index is 1.22. The summed E-state index contributed by atoms with van der Waals surface area (Å²) in [6.07, 6.45) is 2.56. The number of hydrogen-bond acceptors (Lipinski definition) is 8. The fourth-order valence-electron chi connectivity index (χ4n) is 6.47. The molecule has 50 heavy (non-hydrogen) atoms. The van der Waals surface area contributed by atoms with Crippen LogP contribution in [-0.4, -0.2) is 56.9 Å². The first-order valence-corrected chi connectivity index (χ1v) is 16.9. The third-order valence-electron chi connectivity index (χ3n) is 9.22. The van der Waals surface area contributed by atoms with Crippen LogP contribution in [0.25, 0.3) is 0 Å². The van der Waals surface area contributed by atoms with Crippen molar-refractivity contribution >= 4 is 41.0 Å². The number of halogens is 3. The maximum absolute atomic E-state index is 15.0. The summed E-state index contributed by atoms with van der Waals surface area (Å²) < 4.78 is 38.3. The van der Waals surface area contributed by atoms with Crippen LogP contribution < -0.4 is 19.1 Å². The molecule has 0 aliphatic carbocycles. The Labute approximate surface area is 299 Å². The predicted octanol–water partition coefficient (Wildman–Crippen LogP) is 7.16. The third-order valence-corrected chi connectivity index (χ3v) is 9.87. The number of fused-ring (bicyclic) bond motifs is 3. The number of methoxy groups -OCH3 is 2. The maximum atomic E-state index is 15.0. The Bertz CT molecular complexity index is 1830. The summed E-state index contributed by atoms with van der Waals surface area (Å²) in [5.41, 5.74) is 1.96. The minimum absolute atomic E-state index is 0.00911. The Hall–Kier alpha value is -4.58. The lowest BCUT2D eigenvalue weighted by Gasteiger charge is -2.44. The second kappa shape index (κ2) is 15.5. The van der Waals surface area contributed by atoms with Gasteiger partial charge in [0.25, 0.3) is 0 Å². The van der Waals surface area contributed by atoms with Crippen LogP contribution in [0.2, 0.25) is 10.0 Å². The normalized spacial score (nSPS) is 18.6. The molecule has 7 rings (SSSR count). The van der Waals surface area contributed by atoms with Gasteiger partial charge in [-0.3, -0.25) is 9.80 Å². The Morgan fingerprint density at radius 2 is 1.66 bits per heavy atom. The molecule has 3 fully saturated rings. The van der Waals surface area contributed by atoms with Crippen molar-refractivity contribution in [3.05, 3.63) is 122 Å². The molecule has 0 unspecified atom stereocenters. The lowest BCUT2D eigenvalue weighted by atomic mass is 9.86. The number of ether oxygens (including phenoxy) is 4. The van der Waals surface area contributed by atoms with E-state index in [9.17, 15) is 14.8 Å². The molecule has 1 amide bonds. The molecule has 3 aromatic carbocycles. The van der Waals surface area contributed by atoms with E-state index in [2.05, 4.69) is 4.90 Å². The SMILES string of the molecule is COc1ccc([C@H](Cc2c(Cl)c[n+]([O-])cc2Cl)OC(=O)c2ccc(CN(C(=O)O[C@H]3CN4CCC3CC4)c3ccccc3F)cc2)cc1OC. The smallest absolute Gasteiger partial charge is 0.415 e. The summed E-state index contributed by atoms with van der Waals surface area (Å²) in [5, 5.41) is 12.1. The van der Waals surface area contributed by atoms with Crippen LogP contribution in [0.3, 0.4) is 0 Å². The molecule has 0 radical (unpaired) electrons. The molecule has 4 heterocycles. The molecule has 10 nitrogen and oxygen atoms in total. The molecule has 0 N–H and O–H groups in total. The molecule has 3 aliphatic rings. The minimum atomic E-state index is -0.891. The van der Waals surface area contributed by atoms with Crippen molar-refractivity contribution in [2.45, 2.75) is 38.0 Å². The first kappa shape index (κ1) is 35.3. The van der Waals surface area contributed by atoms with Crippen LogP contribution in [0, 0.1) is 16.9 Å². The fourth-order valence-corrected chi connectivity index (χ4v) is 7.07. The highest BCUT2D eigenvalue weighted by Crippen LogP contribution is 2.36. The van der Waals surface area contributed by atoms with Crippen LogP contribution >= 0.6 is 23.2 Å². The van der Waals surface area contributed by atoms with E-state index >= 15 is 4.39 Å². The number of anilines is 1. The Morgan fingerprint density at radius 1 is 0.980 bits per heavy atom. The number of hydrogen-bond donors (Lipinski definition) is 0. The summed E-state index contributed by atoms with van der Waals surface area (Å²) in [4.78, 5) is 30.7. The summed E-state index contributed by atoms with van der Waals surface area (Å²) >= 11 is 12.8. The molecule has 0 spiro atoms. The van der Waals surface area contributed by atoms with Crippen LogP contribution in [0.1, 0.15) is 46.0 Å². The van der Waals surface area contributed by atoms with Gasteiger partial charge in [-0.2, -0.15) is 4.73 Å². The molecule has 1 aromatic heterocycles. The molecule has 2 bridgehead atoms. The highest BCUT2D eigenvalue weighted by Gasteiger charge is 2.38. The van der Waals surface area contributed by atoms with Crippen molar-refractivity contribution in [1.29, 1.82) is 0 Å². The van der Waals surface area contributed by atoms with E-state index in [1.807, 2.05) is 0 Å². The number of piperidine rings is 3. The number of para-hydroxylation sites is 1. The zero-order valence-corrected chi connectivity index (χ0v) is 29.0. The van der Waals surface area contributed by atoms with E-state index in [1.54, 1.807) is 54.6 Å². The zero-order valence-electron chi connectivity index (χ0n) is 27.5. The van der Waals surface area contributed by atoms with Gasteiger partial charge in [-0.05, 0) is 79.4 Å². The number of amides is 1. The number of rotatable bonds is 11. The summed E-state index contributed by atoms with van der Waals surface area (Å²) in [5.74, 6) is -0.00671. The average molecular weight is 725 g/mol. The largest absolute Gasteiger partial charge is 0.619 e. The number of nitrogens with zero attached hydrogens (tertiary/aromatic N) is 3. The van der Waals surface area contributed by atoms with Crippen LogP contribution in [0.4, 0.5) is 14.9 Å². The quantitative estimate of drug-likeness (QED) is 0.0913. The van der Waals surface area contributed by atoms with Crippen molar-refractivity contribution in [3.63, 3.8) is 0 Å². The lowest BCUT2D eigenvalue weighted by molar-refractivity contribution is -0.605. The number of esters is 1. The number of carbonyl (C=O) groups excluding carboxylic acids is 2. The van der Waals surface area contributed by atoms with Crippen molar-refractivity contribution < 1.29 is 37.7 Å². The van der Waals surface area contributed by atoms with E-state index in [0.717, 1.165) is 25.9 Å². The summed E-state index contributed by atoms with van der Waals surface area (Å²) in [6.45, 7) is 2.67. The Morgan fingerprint density at radius 3 is 2.28 bits per heavy atom. The van der Waals surface area contributed by atoms with Gasteiger partial charge in [0.2, 0.25) is 0 Å². The third kappa shape index (κ3) is 7.90. The van der Waals surface area contributed by atoms with Crippen LogP contribution in [0.5, 0.6) is 11.5 Å². The monoisotopic (exact) mass is 723 g/mol. The predicted molar refractivity (Wildman–Crippen MR) is 185 cm³/mol. The van der Waals surface area contributed by atoms with Crippen molar-refractivity contribution in [2.24, 2.45) is 5.92 Å². The molecular weight excluding hydrogens is 688 g/mol. The van der Waals surface area contributed by atoms with Gasteiger partial charge in [-0.25, -0.2) is 14.0 Å². The van der Waals surface area contributed by atoms with Crippen LogP contribution in [0.15, 0.2) is 79.1 Å². The Kier molecular flexibility index (Phi) is 11.0. The topological polar surface area (TPSA) is 104 Å². The molecule has 13 heteroatoms. The van der Waals surface area contributed by atoms with Gasteiger partial charge in [0.1, 0.15) is 28.1 Å². The minimum Gasteiger partial charge on any atom is -0.619 e. The second-order valence-corrected chi connectivity index (χ2v) is 13.1. The van der Waals surface area contributed by atoms with Crippen LogP contribution in [-0.2, 0) is 22.4 Å². The van der Waals surface area contributed by atoms with Gasteiger partial charge < -0.3 is 24.2 Å².